The molecule has 1 atom stereocenters. The Balaban J connectivity index is 2.66. The van der Waals surface area contributed by atoms with E-state index < -0.39 is 12.3 Å². The van der Waals surface area contributed by atoms with Gasteiger partial charge in [-0.15, -0.1) is 0 Å². The van der Waals surface area contributed by atoms with E-state index in [-0.39, 0.29) is 0 Å². The van der Waals surface area contributed by atoms with Crippen molar-refractivity contribution in [2.75, 3.05) is 0 Å². The van der Waals surface area contributed by atoms with Crippen molar-refractivity contribution in [3.8, 4) is 0 Å². The molecule has 0 spiro atoms. The molecule has 0 bridgehead atoms. The van der Waals surface area contributed by atoms with Gasteiger partial charge in [0, 0.05) is 0 Å². The minimum absolute atomic E-state index is 0.621. The van der Waals surface area contributed by atoms with Gasteiger partial charge in [-0.1, -0.05) is 36.4 Å². The molecular weight excluding hydrogens is 193 g/mol. The van der Waals surface area contributed by atoms with Gasteiger partial charge in [0.25, 0.3) is 0 Å². The standard InChI is InChI=1S/C10H9F3O/c11-10(12,13)9(14)7-6-8-4-2-1-3-5-8/h1-7,9,14H/b7-6-. The fourth-order valence-corrected chi connectivity index (χ4v) is 0.876. The van der Waals surface area contributed by atoms with E-state index in [4.69, 9.17) is 5.11 Å². The Morgan fingerprint density at radius 1 is 1.14 bits per heavy atom. The number of benzene rings is 1. The van der Waals surface area contributed by atoms with Crippen LogP contribution in [0.1, 0.15) is 5.56 Å². The number of aliphatic hydroxyl groups is 1. The van der Waals surface area contributed by atoms with Crippen LogP contribution in [0.5, 0.6) is 0 Å². The van der Waals surface area contributed by atoms with E-state index in [1.807, 2.05) is 0 Å². The first-order valence-corrected chi connectivity index (χ1v) is 3.98. The molecule has 1 rings (SSSR count). The molecule has 1 aromatic rings. The van der Waals surface area contributed by atoms with Gasteiger partial charge in [-0.25, -0.2) is 0 Å². The molecule has 1 N–H and O–H groups in total. The lowest BCUT2D eigenvalue weighted by atomic mass is 10.2. The van der Waals surface area contributed by atoms with Crippen LogP contribution in [0.3, 0.4) is 0 Å². The molecule has 4 heteroatoms. The molecule has 0 fully saturated rings. The van der Waals surface area contributed by atoms with Gasteiger partial charge < -0.3 is 5.11 Å². The van der Waals surface area contributed by atoms with E-state index in [9.17, 15) is 13.2 Å². The van der Waals surface area contributed by atoms with Crippen molar-refractivity contribution in [2.24, 2.45) is 0 Å². The second-order valence-electron chi connectivity index (χ2n) is 2.76. The van der Waals surface area contributed by atoms with Crippen LogP contribution in [-0.2, 0) is 0 Å². The highest BCUT2D eigenvalue weighted by molar-refractivity contribution is 5.49. The third-order valence-corrected chi connectivity index (χ3v) is 1.61. The van der Waals surface area contributed by atoms with Crippen molar-refractivity contribution in [2.45, 2.75) is 12.3 Å². The van der Waals surface area contributed by atoms with Gasteiger partial charge in [0.2, 0.25) is 0 Å². The second kappa shape index (κ2) is 4.28. The van der Waals surface area contributed by atoms with Gasteiger partial charge in [-0.05, 0) is 11.6 Å². The first kappa shape index (κ1) is 10.8. The maximum absolute atomic E-state index is 11.9. The maximum Gasteiger partial charge on any atom is 0.417 e. The SMILES string of the molecule is OC(/C=C\c1ccccc1)C(F)(F)F. The van der Waals surface area contributed by atoms with Crippen LogP contribution < -0.4 is 0 Å². The highest BCUT2D eigenvalue weighted by atomic mass is 19.4. The predicted molar refractivity (Wildman–Crippen MR) is 47.5 cm³/mol. The first-order chi connectivity index (χ1) is 6.50. The molecule has 1 nitrogen and oxygen atoms in total. The largest absolute Gasteiger partial charge is 0.417 e. The van der Waals surface area contributed by atoms with Crippen LogP contribution in [0.25, 0.3) is 6.08 Å². The van der Waals surface area contributed by atoms with Crippen molar-refractivity contribution in [3.63, 3.8) is 0 Å². The van der Waals surface area contributed by atoms with Crippen molar-refractivity contribution in [1.29, 1.82) is 0 Å². The van der Waals surface area contributed by atoms with Gasteiger partial charge >= 0.3 is 6.18 Å². The van der Waals surface area contributed by atoms with E-state index in [1.165, 1.54) is 6.08 Å². The highest BCUT2D eigenvalue weighted by Crippen LogP contribution is 2.21. The average molecular weight is 202 g/mol. The van der Waals surface area contributed by atoms with Crippen molar-refractivity contribution < 1.29 is 18.3 Å². The summed E-state index contributed by atoms with van der Waals surface area (Å²) in [5, 5.41) is 8.64. The molecule has 0 radical (unpaired) electrons. The number of aliphatic hydroxyl groups excluding tert-OH is 1. The summed E-state index contributed by atoms with van der Waals surface area (Å²) >= 11 is 0. The minimum Gasteiger partial charge on any atom is -0.380 e. The monoisotopic (exact) mass is 202 g/mol. The van der Waals surface area contributed by atoms with Crippen LogP contribution in [0.4, 0.5) is 13.2 Å². The number of rotatable bonds is 2. The Kier molecular flexibility index (Phi) is 3.30. The summed E-state index contributed by atoms with van der Waals surface area (Å²) in [6, 6.07) is 8.48. The van der Waals surface area contributed by atoms with Crippen LogP contribution in [0, 0.1) is 0 Å². The third kappa shape index (κ3) is 3.22. The van der Waals surface area contributed by atoms with E-state index in [2.05, 4.69) is 0 Å². The van der Waals surface area contributed by atoms with E-state index in [1.54, 1.807) is 30.3 Å². The molecule has 0 aromatic heterocycles. The molecule has 0 heterocycles. The van der Waals surface area contributed by atoms with E-state index in [0.717, 1.165) is 6.08 Å². The average Bonchev–Trinajstić information content (AvgIpc) is 2.14. The van der Waals surface area contributed by atoms with Gasteiger partial charge in [-0.3, -0.25) is 0 Å². The molecule has 14 heavy (non-hydrogen) atoms. The molecule has 1 aromatic carbocycles. The third-order valence-electron chi connectivity index (χ3n) is 1.61. The van der Waals surface area contributed by atoms with Crippen LogP contribution in [0.2, 0.25) is 0 Å². The van der Waals surface area contributed by atoms with Crippen molar-refractivity contribution >= 4 is 6.08 Å². The minimum atomic E-state index is -4.59. The van der Waals surface area contributed by atoms with Gasteiger partial charge in [-0.2, -0.15) is 13.2 Å². The number of alkyl halides is 3. The molecule has 0 aliphatic carbocycles. The Hall–Kier alpha value is -1.29. The lowest BCUT2D eigenvalue weighted by Crippen LogP contribution is -2.25. The Bertz CT molecular complexity index is 303. The molecule has 76 valence electrons. The normalized spacial score (nSPS) is 14.6. The molecule has 0 saturated heterocycles. The highest BCUT2D eigenvalue weighted by Gasteiger charge is 2.35. The Morgan fingerprint density at radius 3 is 2.21 bits per heavy atom. The van der Waals surface area contributed by atoms with Gasteiger partial charge in [0.05, 0.1) is 0 Å². The zero-order chi connectivity index (χ0) is 10.6. The number of hydrogen-bond donors (Lipinski definition) is 1. The van der Waals surface area contributed by atoms with Crippen LogP contribution in [0.15, 0.2) is 36.4 Å². The van der Waals surface area contributed by atoms with Crippen molar-refractivity contribution in [3.05, 3.63) is 42.0 Å². The van der Waals surface area contributed by atoms with Gasteiger partial charge in [0.15, 0.2) is 6.10 Å². The summed E-state index contributed by atoms with van der Waals surface area (Å²) in [6.07, 6.45) is -5.04. The molecular formula is C10H9F3O. The summed E-state index contributed by atoms with van der Waals surface area (Å²) in [7, 11) is 0. The maximum atomic E-state index is 11.9. The fraction of sp³-hybridized carbons (Fsp3) is 0.200. The smallest absolute Gasteiger partial charge is 0.380 e. The molecule has 0 aliphatic rings. The lowest BCUT2D eigenvalue weighted by Gasteiger charge is -2.09. The van der Waals surface area contributed by atoms with Crippen LogP contribution in [-0.4, -0.2) is 17.4 Å². The Morgan fingerprint density at radius 2 is 1.71 bits per heavy atom. The van der Waals surface area contributed by atoms with Crippen LogP contribution >= 0.6 is 0 Å². The molecule has 0 amide bonds. The fourth-order valence-electron chi connectivity index (χ4n) is 0.876. The van der Waals surface area contributed by atoms with E-state index in [0.29, 0.717) is 5.56 Å². The molecule has 1 unspecified atom stereocenters. The summed E-state index contributed by atoms with van der Waals surface area (Å²) in [4.78, 5) is 0. The summed E-state index contributed by atoms with van der Waals surface area (Å²) in [5.41, 5.74) is 0.621. The van der Waals surface area contributed by atoms with Crippen molar-refractivity contribution in [1.82, 2.24) is 0 Å². The zero-order valence-electron chi connectivity index (χ0n) is 7.20. The van der Waals surface area contributed by atoms with Gasteiger partial charge in [0.1, 0.15) is 0 Å². The second-order valence-corrected chi connectivity index (χ2v) is 2.76. The number of hydrogen-bond acceptors (Lipinski definition) is 1. The lowest BCUT2D eigenvalue weighted by molar-refractivity contribution is -0.187. The summed E-state index contributed by atoms with van der Waals surface area (Å²) < 4.78 is 35.6. The topological polar surface area (TPSA) is 20.2 Å². The van der Waals surface area contributed by atoms with E-state index >= 15 is 0 Å². The summed E-state index contributed by atoms with van der Waals surface area (Å²) in [5.74, 6) is 0. The predicted octanol–water partition coefficient (Wildman–Crippen LogP) is 2.62. The Labute approximate surface area is 79.5 Å². The summed E-state index contributed by atoms with van der Waals surface area (Å²) in [6.45, 7) is 0. The molecule has 0 saturated carbocycles. The zero-order valence-corrected chi connectivity index (χ0v) is 7.20. The first-order valence-electron chi connectivity index (χ1n) is 3.98. The molecule has 0 aliphatic heterocycles. The quantitative estimate of drug-likeness (QED) is 0.781. The number of halogens is 3.